The minimum absolute atomic E-state index is 0.00359. The van der Waals surface area contributed by atoms with Gasteiger partial charge < -0.3 is 10.6 Å². The van der Waals surface area contributed by atoms with Crippen molar-refractivity contribution < 1.29 is 19.2 Å². The number of aromatic nitrogens is 4. The van der Waals surface area contributed by atoms with E-state index in [1.165, 1.54) is 0 Å². The summed E-state index contributed by atoms with van der Waals surface area (Å²) in [5.74, 6) is -1.25. The SMILES string of the molecule is CC[C@H](C)[C@H](CC(=O)Cc1csc2ccccc12)C(=O)N[C@H]1CCc2cccc3c2N(C1=O)[C@H](C(=O)NCc1nn[nH]n1)C3. The number of nitrogens with one attached hydrogen (secondary N) is 3. The van der Waals surface area contributed by atoms with Crippen molar-refractivity contribution in [3.05, 3.63) is 70.4 Å². The number of carbonyl (C=O) groups excluding carboxylic acids is 4. The number of aryl methyl sites for hydroxylation is 1. The van der Waals surface area contributed by atoms with Crippen LogP contribution in [0, 0.1) is 11.8 Å². The third kappa shape index (κ3) is 5.86. The minimum Gasteiger partial charge on any atom is -0.347 e. The van der Waals surface area contributed by atoms with Crippen molar-refractivity contribution >= 4 is 50.6 Å². The van der Waals surface area contributed by atoms with Gasteiger partial charge in [-0.2, -0.15) is 5.21 Å². The molecule has 2 aliphatic heterocycles. The van der Waals surface area contributed by atoms with Crippen LogP contribution in [0.4, 0.5) is 5.69 Å². The van der Waals surface area contributed by atoms with E-state index in [1.54, 1.807) is 16.2 Å². The fourth-order valence-electron chi connectivity index (χ4n) is 6.33. The maximum absolute atomic E-state index is 14.1. The number of thiophene rings is 1. The van der Waals surface area contributed by atoms with Gasteiger partial charge in [0.15, 0.2) is 5.82 Å². The van der Waals surface area contributed by atoms with Crippen LogP contribution in [0.2, 0.25) is 0 Å². The average Bonchev–Trinajstić information content (AvgIpc) is 3.77. The van der Waals surface area contributed by atoms with E-state index in [0.717, 1.165) is 38.9 Å². The van der Waals surface area contributed by atoms with E-state index in [4.69, 9.17) is 0 Å². The smallest absolute Gasteiger partial charge is 0.250 e. The van der Waals surface area contributed by atoms with E-state index in [9.17, 15) is 19.2 Å². The van der Waals surface area contributed by atoms with Gasteiger partial charge in [0.1, 0.15) is 17.9 Å². The third-order valence-corrected chi connectivity index (χ3v) is 9.91. The Morgan fingerprint density at radius 1 is 1.14 bits per heavy atom. The van der Waals surface area contributed by atoms with Crippen LogP contribution in [0.15, 0.2) is 47.8 Å². The molecular weight excluding hydrogens is 578 g/mol. The van der Waals surface area contributed by atoms with Gasteiger partial charge in [-0.05, 0) is 52.3 Å². The fourth-order valence-corrected chi connectivity index (χ4v) is 7.29. The monoisotopic (exact) mass is 613 g/mol. The number of nitrogens with zero attached hydrogens (tertiary/aromatic N) is 4. The van der Waals surface area contributed by atoms with Crippen molar-refractivity contribution in [2.24, 2.45) is 11.8 Å². The second kappa shape index (κ2) is 12.7. The van der Waals surface area contributed by atoms with Crippen LogP contribution in [0.25, 0.3) is 10.1 Å². The molecule has 0 bridgehead atoms. The molecule has 2 aromatic carbocycles. The molecule has 0 spiro atoms. The largest absolute Gasteiger partial charge is 0.347 e. The summed E-state index contributed by atoms with van der Waals surface area (Å²) in [5, 5.41) is 22.5. The standard InChI is InChI=1S/C32H35N7O4S/c1-3-18(2)24(15-22(40)13-21-17-44-27-10-5-4-9-23(21)27)30(41)34-25-12-11-19-7-6-8-20-14-26(39(29(19)20)32(25)43)31(42)33-16-28-35-37-38-36-28/h4-10,17-18,24-26H,3,11-16H2,1-2H3,(H,33,42)(H,34,41)(H,35,36,37,38)/t18-,24-,25-,26-/m0/s1. The molecule has 12 heteroatoms. The number of hydrogen-bond acceptors (Lipinski definition) is 8. The van der Waals surface area contributed by atoms with Crippen molar-refractivity contribution in [2.75, 3.05) is 4.90 Å². The summed E-state index contributed by atoms with van der Waals surface area (Å²) in [5.41, 5.74) is 3.62. The lowest BCUT2D eigenvalue weighted by Crippen LogP contribution is -2.55. The first-order valence-corrected chi connectivity index (χ1v) is 15.9. The molecule has 3 amide bonds. The number of fused-ring (bicyclic) bond motifs is 1. The Hall–Kier alpha value is -4.45. The molecule has 2 aromatic heterocycles. The second-order valence-electron chi connectivity index (χ2n) is 11.7. The van der Waals surface area contributed by atoms with Crippen LogP contribution in [0.5, 0.6) is 0 Å². The van der Waals surface area contributed by atoms with E-state index < -0.39 is 18.0 Å². The fraction of sp³-hybridized carbons (Fsp3) is 0.406. The van der Waals surface area contributed by atoms with Crippen molar-refractivity contribution in [3.63, 3.8) is 0 Å². The van der Waals surface area contributed by atoms with Gasteiger partial charge in [0.05, 0.1) is 12.2 Å². The van der Waals surface area contributed by atoms with E-state index >= 15 is 0 Å². The van der Waals surface area contributed by atoms with Crippen LogP contribution in [0.1, 0.15) is 55.6 Å². The number of ketones is 1. The number of benzene rings is 2. The summed E-state index contributed by atoms with van der Waals surface area (Å²) >= 11 is 1.61. The van der Waals surface area contributed by atoms with Crippen molar-refractivity contribution in [1.29, 1.82) is 0 Å². The predicted octanol–water partition coefficient (Wildman–Crippen LogP) is 3.28. The van der Waals surface area contributed by atoms with Gasteiger partial charge in [0, 0.05) is 29.9 Å². The first kappa shape index (κ1) is 29.6. The van der Waals surface area contributed by atoms with Crippen LogP contribution < -0.4 is 15.5 Å². The number of tetrazole rings is 1. The highest BCUT2D eigenvalue weighted by molar-refractivity contribution is 7.17. The first-order valence-electron chi connectivity index (χ1n) is 15.0. The molecule has 0 aliphatic carbocycles. The first-order chi connectivity index (χ1) is 21.3. The highest BCUT2D eigenvalue weighted by Gasteiger charge is 2.44. The minimum atomic E-state index is -0.823. The van der Waals surface area contributed by atoms with E-state index in [2.05, 4.69) is 31.3 Å². The average molecular weight is 614 g/mol. The zero-order chi connectivity index (χ0) is 30.8. The van der Waals surface area contributed by atoms with Crippen LogP contribution >= 0.6 is 11.3 Å². The summed E-state index contributed by atoms with van der Waals surface area (Å²) in [6, 6.07) is 12.3. The van der Waals surface area contributed by atoms with E-state index in [1.807, 2.05) is 61.7 Å². The van der Waals surface area contributed by atoms with Gasteiger partial charge in [-0.3, -0.25) is 24.1 Å². The molecular formula is C32H35N7O4S. The topological polar surface area (TPSA) is 150 Å². The number of H-pyrrole nitrogens is 1. The summed E-state index contributed by atoms with van der Waals surface area (Å²) in [7, 11) is 0. The molecule has 0 saturated heterocycles. The van der Waals surface area contributed by atoms with Crippen molar-refractivity contribution in [3.8, 4) is 0 Å². The lowest BCUT2D eigenvalue weighted by atomic mass is 9.85. The lowest BCUT2D eigenvalue weighted by Gasteiger charge is -2.29. The third-order valence-electron chi connectivity index (χ3n) is 8.90. The second-order valence-corrected chi connectivity index (χ2v) is 12.6. The van der Waals surface area contributed by atoms with Gasteiger partial charge in [-0.25, -0.2) is 0 Å². The maximum Gasteiger partial charge on any atom is 0.250 e. The van der Waals surface area contributed by atoms with Gasteiger partial charge in [0.25, 0.3) is 0 Å². The lowest BCUT2D eigenvalue weighted by molar-refractivity contribution is -0.134. The van der Waals surface area contributed by atoms with Crippen LogP contribution in [0.3, 0.4) is 0 Å². The van der Waals surface area contributed by atoms with Crippen molar-refractivity contribution in [1.82, 2.24) is 31.3 Å². The van der Waals surface area contributed by atoms with E-state index in [0.29, 0.717) is 25.1 Å². The highest BCUT2D eigenvalue weighted by atomic mass is 32.1. The molecule has 44 heavy (non-hydrogen) atoms. The Balaban J connectivity index is 1.18. The number of aromatic amines is 1. The van der Waals surface area contributed by atoms with Gasteiger partial charge in [-0.15, -0.1) is 21.5 Å². The molecule has 0 saturated carbocycles. The predicted molar refractivity (Wildman–Crippen MR) is 166 cm³/mol. The van der Waals surface area contributed by atoms with Crippen molar-refractivity contribution in [2.45, 2.75) is 71.0 Å². The Bertz CT molecular complexity index is 1700. The normalized spacial score (nSPS) is 18.9. The van der Waals surface area contributed by atoms with Crippen LogP contribution in [-0.4, -0.2) is 56.2 Å². The molecule has 4 atom stereocenters. The quantitative estimate of drug-likeness (QED) is 0.235. The Morgan fingerprint density at radius 2 is 1.95 bits per heavy atom. The summed E-state index contributed by atoms with van der Waals surface area (Å²) in [4.78, 5) is 56.1. The molecule has 11 nitrogen and oxygen atoms in total. The van der Waals surface area contributed by atoms with Gasteiger partial charge >= 0.3 is 0 Å². The summed E-state index contributed by atoms with van der Waals surface area (Å²) in [6.45, 7) is 4.04. The molecule has 4 heterocycles. The number of hydrogen-bond donors (Lipinski definition) is 3. The zero-order valence-corrected chi connectivity index (χ0v) is 25.5. The van der Waals surface area contributed by atoms with Gasteiger partial charge in [0.2, 0.25) is 17.7 Å². The van der Waals surface area contributed by atoms with Crippen LogP contribution in [-0.2, 0) is 45.0 Å². The molecule has 0 unspecified atom stereocenters. The molecule has 4 aromatic rings. The molecule has 0 fully saturated rings. The zero-order valence-electron chi connectivity index (χ0n) is 24.7. The summed E-state index contributed by atoms with van der Waals surface area (Å²) < 4.78 is 1.13. The Labute approximate surface area is 258 Å². The Kier molecular flexibility index (Phi) is 8.51. The molecule has 2 aliphatic rings. The summed E-state index contributed by atoms with van der Waals surface area (Å²) in [6.07, 6.45) is 2.42. The molecule has 6 rings (SSSR count). The Morgan fingerprint density at radius 3 is 2.75 bits per heavy atom. The molecule has 0 radical (unpaired) electrons. The van der Waals surface area contributed by atoms with E-state index in [-0.39, 0.29) is 48.8 Å². The number of rotatable bonds is 11. The van der Waals surface area contributed by atoms with Gasteiger partial charge in [-0.1, -0.05) is 61.9 Å². The highest BCUT2D eigenvalue weighted by Crippen LogP contribution is 2.39. The molecule has 228 valence electrons. The molecule has 3 N–H and O–H groups in total. The maximum atomic E-state index is 14.1. The number of carbonyl (C=O) groups is 4. The number of para-hydroxylation sites is 1. The number of anilines is 1. The number of Topliss-reactive ketones (excluding diaryl/α,β-unsaturated/α-hetero) is 1. The number of amides is 3.